The Labute approximate surface area is 181 Å². The Balaban J connectivity index is 1.81. The summed E-state index contributed by atoms with van der Waals surface area (Å²) < 4.78 is 1.34. The van der Waals surface area contributed by atoms with E-state index in [1.807, 2.05) is 62.4 Å². The monoisotopic (exact) mass is 472 g/mol. The molecule has 2 amide bonds. The van der Waals surface area contributed by atoms with Gasteiger partial charge in [-0.2, -0.15) is 0 Å². The van der Waals surface area contributed by atoms with E-state index in [1.54, 1.807) is 9.80 Å². The van der Waals surface area contributed by atoms with E-state index in [-0.39, 0.29) is 17.9 Å². The molecule has 4 nitrogen and oxygen atoms in total. The number of thiocarbonyl (C=S) groups is 1. The lowest BCUT2D eigenvalue weighted by molar-refractivity contribution is -0.123. The fourth-order valence-corrected chi connectivity index (χ4v) is 5.43. The van der Waals surface area contributed by atoms with Crippen LogP contribution in [0.15, 0.2) is 57.9 Å². The first-order valence-electron chi connectivity index (χ1n) is 8.90. The highest BCUT2D eigenvalue weighted by Gasteiger charge is 2.43. The van der Waals surface area contributed by atoms with Crippen LogP contribution in [0.4, 0.5) is 5.69 Å². The molecule has 0 spiro atoms. The largest absolute Gasteiger partial charge is 0.308 e. The van der Waals surface area contributed by atoms with Crippen molar-refractivity contribution in [1.29, 1.82) is 0 Å². The molecular formula is C21H17BrN2O2S2. The number of carbonyl (C=O) groups excluding carboxylic acids is 2. The maximum atomic E-state index is 13.3. The van der Waals surface area contributed by atoms with Crippen molar-refractivity contribution in [2.75, 3.05) is 11.4 Å². The average molecular weight is 473 g/mol. The number of amides is 2. The number of benzene rings is 2. The summed E-state index contributed by atoms with van der Waals surface area (Å²) in [4.78, 5) is 30.2. The van der Waals surface area contributed by atoms with Crippen molar-refractivity contribution in [3.8, 4) is 0 Å². The standard InChI is InChI=1S/C21H17BrN2O2S2/c1-3-23-16-10-9-14(22)11-15(16)17(19(23)25)18-20(26)24(21(27)28-18)12(2)13-7-5-4-6-8-13/h4-12H,3H2,1-2H3/b18-17-/t12-/m0/s1. The summed E-state index contributed by atoms with van der Waals surface area (Å²) in [5.41, 5.74) is 3.04. The number of nitrogens with zero attached hydrogens (tertiary/aromatic N) is 2. The van der Waals surface area contributed by atoms with Crippen LogP contribution < -0.4 is 4.90 Å². The second-order valence-electron chi connectivity index (χ2n) is 6.54. The van der Waals surface area contributed by atoms with E-state index >= 15 is 0 Å². The first-order valence-corrected chi connectivity index (χ1v) is 10.9. The van der Waals surface area contributed by atoms with Gasteiger partial charge in [-0.25, -0.2) is 0 Å². The summed E-state index contributed by atoms with van der Waals surface area (Å²) in [5.74, 6) is -0.359. The minimum Gasteiger partial charge on any atom is -0.308 e. The van der Waals surface area contributed by atoms with E-state index in [2.05, 4.69) is 15.9 Å². The lowest BCUT2D eigenvalue weighted by Crippen LogP contribution is -2.31. The summed E-state index contributed by atoms with van der Waals surface area (Å²) in [7, 11) is 0. The molecular weight excluding hydrogens is 456 g/mol. The summed E-state index contributed by atoms with van der Waals surface area (Å²) in [6.07, 6.45) is 0. The summed E-state index contributed by atoms with van der Waals surface area (Å²) in [5, 5.41) is 0. The van der Waals surface area contributed by atoms with Crippen LogP contribution in [0, 0.1) is 0 Å². The average Bonchev–Trinajstić information content (AvgIpc) is 3.13. The molecule has 2 aromatic rings. The highest BCUT2D eigenvalue weighted by molar-refractivity contribution is 9.10. The SMILES string of the molecule is CCN1C(=O)/C(=C2\SC(=S)N([C@@H](C)c3ccccc3)C2=O)c2cc(Br)ccc21. The third kappa shape index (κ3) is 3.02. The number of halogens is 1. The molecule has 2 aromatic carbocycles. The predicted molar refractivity (Wildman–Crippen MR) is 121 cm³/mol. The van der Waals surface area contributed by atoms with Crippen LogP contribution in [0.3, 0.4) is 0 Å². The van der Waals surface area contributed by atoms with Crippen molar-refractivity contribution < 1.29 is 9.59 Å². The number of hydrogen-bond donors (Lipinski definition) is 0. The normalized spacial score (nSPS) is 20.2. The van der Waals surface area contributed by atoms with Gasteiger partial charge in [0.25, 0.3) is 11.8 Å². The second kappa shape index (κ2) is 7.46. The molecule has 0 bridgehead atoms. The van der Waals surface area contributed by atoms with Gasteiger partial charge in [0.2, 0.25) is 0 Å². The van der Waals surface area contributed by atoms with Crippen molar-refractivity contribution in [1.82, 2.24) is 4.90 Å². The van der Waals surface area contributed by atoms with Crippen molar-refractivity contribution in [3.05, 3.63) is 69.0 Å². The van der Waals surface area contributed by atoms with Crippen LogP contribution in [0.5, 0.6) is 0 Å². The van der Waals surface area contributed by atoms with Gasteiger partial charge in [-0.15, -0.1) is 0 Å². The van der Waals surface area contributed by atoms with Crippen LogP contribution in [-0.2, 0) is 9.59 Å². The van der Waals surface area contributed by atoms with Gasteiger partial charge in [0.05, 0.1) is 22.2 Å². The third-order valence-corrected chi connectivity index (χ3v) is 6.88. The first kappa shape index (κ1) is 19.4. The number of hydrogen-bond acceptors (Lipinski definition) is 4. The number of fused-ring (bicyclic) bond motifs is 1. The van der Waals surface area contributed by atoms with Crippen molar-refractivity contribution >= 4 is 67.3 Å². The molecule has 142 valence electrons. The zero-order chi connectivity index (χ0) is 20.0. The molecule has 1 atom stereocenters. The van der Waals surface area contributed by atoms with Gasteiger partial charge >= 0.3 is 0 Å². The van der Waals surface area contributed by atoms with Gasteiger partial charge < -0.3 is 4.90 Å². The van der Waals surface area contributed by atoms with Crippen LogP contribution in [0.25, 0.3) is 5.57 Å². The van der Waals surface area contributed by atoms with Crippen molar-refractivity contribution in [2.45, 2.75) is 19.9 Å². The van der Waals surface area contributed by atoms with E-state index in [4.69, 9.17) is 12.2 Å². The highest BCUT2D eigenvalue weighted by atomic mass is 79.9. The molecule has 0 aliphatic carbocycles. The molecule has 1 saturated heterocycles. The van der Waals surface area contributed by atoms with Gasteiger partial charge in [-0.05, 0) is 37.6 Å². The number of thioether (sulfide) groups is 1. The van der Waals surface area contributed by atoms with Crippen molar-refractivity contribution in [2.24, 2.45) is 0 Å². The Morgan fingerprint density at radius 3 is 2.50 bits per heavy atom. The molecule has 28 heavy (non-hydrogen) atoms. The lowest BCUT2D eigenvalue weighted by atomic mass is 10.1. The van der Waals surface area contributed by atoms with E-state index in [0.29, 0.717) is 21.3 Å². The Kier molecular flexibility index (Phi) is 5.16. The minimum absolute atomic E-state index is 0.150. The highest BCUT2D eigenvalue weighted by Crippen LogP contribution is 2.46. The third-order valence-electron chi connectivity index (χ3n) is 4.99. The van der Waals surface area contributed by atoms with Gasteiger partial charge in [-0.1, -0.05) is 70.2 Å². The summed E-state index contributed by atoms with van der Waals surface area (Å²) in [6, 6.07) is 15.3. The molecule has 0 N–H and O–H groups in total. The molecule has 1 fully saturated rings. The molecule has 2 aliphatic rings. The van der Waals surface area contributed by atoms with E-state index in [1.165, 1.54) is 11.8 Å². The van der Waals surface area contributed by atoms with Crippen molar-refractivity contribution in [3.63, 3.8) is 0 Å². The molecule has 2 aliphatic heterocycles. The zero-order valence-electron chi connectivity index (χ0n) is 15.3. The Morgan fingerprint density at radius 2 is 1.82 bits per heavy atom. The molecule has 0 radical (unpaired) electrons. The Morgan fingerprint density at radius 1 is 1.11 bits per heavy atom. The molecule has 0 aromatic heterocycles. The molecule has 2 heterocycles. The number of rotatable bonds is 3. The number of carbonyl (C=O) groups is 2. The number of anilines is 1. The lowest BCUT2D eigenvalue weighted by Gasteiger charge is -2.23. The quantitative estimate of drug-likeness (QED) is 0.457. The fraction of sp³-hybridized carbons (Fsp3) is 0.190. The minimum atomic E-state index is -0.210. The maximum absolute atomic E-state index is 13.3. The van der Waals surface area contributed by atoms with E-state index in [9.17, 15) is 9.59 Å². The molecule has 7 heteroatoms. The van der Waals surface area contributed by atoms with Crippen LogP contribution in [-0.4, -0.2) is 27.6 Å². The first-order chi connectivity index (χ1) is 13.4. The fourth-order valence-electron chi connectivity index (χ4n) is 3.58. The topological polar surface area (TPSA) is 40.6 Å². The smallest absolute Gasteiger partial charge is 0.267 e. The summed E-state index contributed by atoms with van der Waals surface area (Å²) in [6.45, 7) is 4.42. The molecule has 0 saturated carbocycles. The predicted octanol–water partition coefficient (Wildman–Crippen LogP) is 5.15. The van der Waals surface area contributed by atoms with Gasteiger partial charge in [0.1, 0.15) is 4.32 Å². The molecule has 4 rings (SSSR count). The van der Waals surface area contributed by atoms with Crippen LogP contribution in [0.1, 0.15) is 31.0 Å². The Bertz CT molecular complexity index is 1040. The number of likely N-dealkylation sites (N-methyl/N-ethyl adjacent to an activating group) is 1. The van der Waals surface area contributed by atoms with Gasteiger partial charge in [0, 0.05) is 16.6 Å². The van der Waals surface area contributed by atoms with Gasteiger partial charge in [-0.3, -0.25) is 14.5 Å². The van der Waals surface area contributed by atoms with E-state index in [0.717, 1.165) is 21.3 Å². The van der Waals surface area contributed by atoms with Crippen LogP contribution in [0.2, 0.25) is 0 Å². The van der Waals surface area contributed by atoms with E-state index < -0.39 is 0 Å². The maximum Gasteiger partial charge on any atom is 0.267 e. The second-order valence-corrected chi connectivity index (χ2v) is 9.10. The molecule has 0 unspecified atom stereocenters. The van der Waals surface area contributed by atoms with Crippen LogP contribution >= 0.6 is 39.9 Å². The van der Waals surface area contributed by atoms with Gasteiger partial charge in [0.15, 0.2) is 0 Å². The Hall–Kier alpha value is -1.96. The summed E-state index contributed by atoms with van der Waals surface area (Å²) >= 11 is 10.2. The zero-order valence-corrected chi connectivity index (χ0v) is 18.5.